The van der Waals surface area contributed by atoms with Gasteiger partial charge in [0.2, 0.25) is 0 Å². The molecule has 0 spiro atoms. The quantitative estimate of drug-likeness (QED) is 0.742. The van der Waals surface area contributed by atoms with Crippen LogP contribution in [0.3, 0.4) is 0 Å². The Labute approximate surface area is 113 Å². The molecule has 4 unspecified atom stereocenters. The number of allylic oxidation sites excluding steroid dienone is 1. The van der Waals surface area contributed by atoms with Gasteiger partial charge in [0.05, 0.1) is 0 Å². The van der Waals surface area contributed by atoms with E-state index in [9.17, 15) is 4.79 Å². The van der Waals surface area contributed by atoms with Crippen molar-refractivity contribution < 1.29 is 4.79 Å². The Morgan fingerprint density at radius 1 is 1.05 bits per heavy atom. The highest BCUT2D eigenvalue weighted by Gasteiger charge is 2.43. The van der Waals surface area contributed by atoms with Crippen LogP contribution in [-0.2, 0) is 4.79 Å². The number of hydrogen-bond acceptors (Lipinski definition) is 3. The molecular weight excluding hydrogens is 236 g/mol. The second-order valence-electron chi connectivity index (χ2n) is 5.94. The Hall–Kier alpha value is -1.45. The number of fused-ring (bicyclic) bond motifs is 4. The van der Waals surface area contributed by atoms with E-state index in [0.717, 1.165) is 19.4 Å². The normalized spacial score (nSPS) is 36.3. The largest absolute Gasteiger partial charge is 0.295 e. The molecule has 0 aromatic heterocycles. The van der Waals surface area contributed by atoms with Crippen LogP contribution in [0.2, 0.25) is 0 Å². The summed E-state index contributed by atoms with van der Waals surface area (Å²) in [5, 5.41) is 0. The predicted molar refractivity (Wildman–Crippen MR) is 74.4 cm³/mol. The molecule has 0 radical (unpaired) electrons. The van der Waals surface area contributed by atoms with Gasteiger partial charge in [-0.15, -0.1) is 0 Å². The summed E-state index contributed by atoms with van der Waals surface area (Å²) in [4.78, 5) is 12.4. The molecular formula is C16H18N2O. The SMILES string of the molecule is O=C1C=Cc2ccccc2C2CC3CNNC3CC12. The Bertz CT molecular complexity index is 551. The molecule has 2 fully saturated rings. The lowest BCUT2D eigenvalue weighted by molar-refractivity contribution is -0.120. The maximum atomic E-state index is 12.4. The lowest BCUT2D eigenvalue weighted by Gasteiger charge is -2.36. The number of carbonyl (C=O) groups excluding carboxylic acids is 1. The first kappa shape index (κ1) is 11.4. The summed E-state index contributed by atoms with van der Waals surface area (Å²) < 4.78 is 0. The van der Waals surface area contributed by atoms with Crippen molar-refractivity contribution in [1.29, 1.82) is 0 Å². The average molecular weight is 254 g/mol. The van der Waals surface area contributed by atoms with Gasteiger partial charge in [-0.2, -0.15) is 0 Å². The van der Waals surface area contributed by atoms with E-state index < -0.39 is 0 Å². The maximum absolute atomic E-state index is 12.4. The van der Waals surface area contributed by atoms with Crippen molar-refractivity contribution in [3.8, 4) is 0 Å². The summed E-state index contributed by atoms with van der Waals surface area (Å²) >= 11 is 0. The van der Waals surface area contributed by atoms with Crippen LogP contribution in [0.1, 0.15) is 29.9 Å². The van der Waals surface area contributed by atoms with Crippen LogP contribution in [0.5, 0.6) is 0 Å². The summed E-state index contributed by atoms with van der Waals surface area (Å²) in [5.41, 5.74) is 9.16. The third-order valence-corrected chi connectivity index (χ3v) is 4.96. The van der Waals surface area contributed by atoms with Gasteiger partial charge in [-0.25, -0.2) is 0 Å². The molecule has 1 aromatic carbocycles. The van der Waals surface area contributed by atoms with E-state index in [4.69, 9.17) is 0 Å². The van der Waals surface area contributed by atoms with Crippen molar-refractivity contribution in [3.05, 3.63) is 41.5 Å². The molecule has 0 bridgehead atoms. The van der Waals surface area contributed by atoms with E-state index in [0.29, 0.717) is 23.7 Å². The zero-order valence-electron chi connectivity index (χ0n) is 10.8. The zero-order chi connectivity index (χ0) is 12.8. The number of nitrogens with one attached hydrogen (secondary N) is 2. The van der Waals surface area contributed by atoms with Crippen LogP contribution in [0.25, 0.3) is 6.08 Å². The molecule has 1 aliphatic heterocycles. The van der Waals surface area contributed by atoms with E-state index in [1.54, 1.807) is 6.08 Å². The number of hydrazine groups is 1. The van der Waals surface area contributed by atoms with Gasteiger partial charge in [0.15, 0.2) is 5.78 Å². The Balaban J connectivity index is 1.78. The van der Waals surface area contributed by atoms with E-state index in [2.05, 4.69) is 35.1 Å². The molecule has 3 heteroatoms. The van der Waals surface area contributed by atoms with E-state index >= 15 is 0 Å². The number of hydrogen-bond donors (Lipinski definition) is 2. The highest BCUT2D eigenvalue weighted by molar-refractivity contribution is 5.97. The van der Waals surface area contributed by atoms with E-state index in [1.807, 2.05) is 6.08 Å². The summed E-state index contributed by atoms with van der Waals surface area (Å²) in [6.07, 6.45) is 5.85. The molecule has 1 aromatic rings. The Morgan fingerprint density at radius 3 is 2.89 bits per heavy atom. The number of carbonyl (C=O) groups is 1. The molecule has 2 aliphatic carbocycles. The fraction of sp³-hybridized carbons (Fsp3) is 0.438. The van der Waals surface area contributed by atoms with E-state index in [1.165, 1.54) is 11.1 Å². The van der Waals surface area contributed by atoms with E-state index in [-0.39, 0.29) is 5.92 Å². The monoisotopic (exact) mass is 254 g/mol. The predicted octanol–water partition coefficient (Wildman–Crippen LogP) is 1.87. The third kappa shape index (κ3) is 1.77. The van der Waals surface area contributed by atoms with Crippen molar-refractivity contribution in [2.75, 3.05) is 6.54 Å². The molecule has 4 atom stereocenters. The van der Waals surface area contributed by atoms with Crippen LogP contribution in [0.4, 0.5) is 0 Å². The second-order valence-corrected chi connectivity index (χ2v) is 5.94. The summed E-state index contributed by atoms with van der Waals surface area (Å²) in [7, 11) is 0. The second kappa shape index (κ2) is 4.29. The minimum absolute atomic E-state index is 0.147. The molecule has 98 valence electrons. The highest BCUT2D eigenvalue weighted by atomic mass is 16.1. The van der Waals surface area contributed by atoms with Crippen molar-refractivity contribution in [3.63, 3.8) is 0 Å². The molecule has 3 nitrogen and oxygen atoms in total. The van der Waals surface area contributed by atoms with Crippen LogP contribution >= 0.6 is 0 Å². The van der Waals surface area contributed by atoms with Crippen molar-refractivity contribution in [2.24, 2.45) is 11.8 Å². The smallest absolute Gasteiger partial charge is 0.159 e. The molecule has 1 saturated heterocycles. The van der Waals surface area contributed by atoms with Crippen molar-refractivity contribution in [1.82, 2.24) is 10.9 Å². The minimum Gasteiger partial charge on any atom is -0.295 e. The minimum atomic E-state index is 0.147. The van der Waals surface area contributed by atoms with Gasteiger partial charge in [-0.1, -0.05) is 30.3 Å². The van der Waals surface area contributed by atoms with Gasteiger partial charge in [-0.3, -0.25) is 15.6 Å². The fourth-order valence-electron chi connectivity index (χ4n) is 3.96. The average Bonchev–Trinajstić information content (AvgIpc) is 2.85. The molecule has 1 saturated carbocycles. The van der Waals surface area contributed by atoms with Crippen LogP contribution in [0, 0.1) is 11.8 Å². The summed E-state index contributed by atoms with van der Waals surface area (Å²) in [5.74, 6) is 1.49. The topological polar surface area (TPSA) is 41.1 Å². The lowest BCUT2D eigenvalue weighted by Crippen LogP contribution is -2.41. The molecule has 1 heterocycles. The molecule has 2 N–H and O–H groups in total. The maximum Gasteiger partial charge on any atom is 0.159 e. The molecule has 19 heavy (non-hydrogen) atoms. The van der Waals surface area contributed by atoms with Crippen molar-refractivity contribution >= 4 is 11.9 Å². The molecule has 4 rings (SSSR count). The Kier molecular flexibility index (Phi) is 2.57. The van der Waals surface area contributed by atoms with Crippen LogP contribution < -0.4 is 10.9 Å². The molecule has 3 aliphatic rings. The van der Waals surface area contributed by atoms with Gasteiger partial charge in [0.1, 0.15) is 0 Å². The molecule has 0 amide bonds. The van der Waals surface area contributed by atoms with Gasteiger partial charge in [0, 0.05) is 18.5 Å². The zero-order valence-corrected chi connectivity index (χ0v) is 10.8. The van der Waals surface area contributed by atoms with Crippen LogP contribution in [-0.4, -0.2) is 18.4 Å². The fourth-order valence-corrected chi connectivity index (χ4v) is 3.96. The summed E-state index contributed by atoms with van der Waals surface area (Å²) in [6, 6.07) is 8.93. The first-order chi connectivity index (χ1) is 9.33. The number of benzene rings is 1. The first-order valence-corrected chi connectivity index (χ1v) is 7.12. The standard InChI is InChI=1S/C16H18N2O/c19-16-6-5-10-3-1-2-4-12(10)13-7-11-9-17-18-15(11)8-14(13)16/h1-6,11,13-15,17-18H,7-9H2. The van der Waals surface area contributed by atoms with Crippen LogP contribution in [0.15, 0.2) is 30.3 Å². The van der Waals surface area contributed by atoms with Gasteiger partial charge < -0.3 is 0 Å². The third-order valence-electron chi connectivity index (χ3n) is 4.96. The number of rotatable bonds is 0. The first-order valence-electron chi connectivity index (χ1n) is 7.12. The van der Waals surface area contributed by atoms with Crippen molar-refractivity contribution in [2.45, 2.75) is 24.8 Å². The number of ketones is 1. The lowest BCUT2D eigenvalue weighted by atomic mass is 9.68. The Morgan fingerprint density at radius 2 is 1.95 bits per heavy atom. The highest BCUT2D eigenvalue weighted by Crippen LogP contribution is 2.44. The van der Waals surface area contributed by atoms with Gasteiger partial charge in [0.25, 0.3) is 0 Å². The van der Waals surface area contributed by atoms with Gasteiger partial charge >= 0.3 is 0 Å². The summed E-state index contributed by atoms with van der Waals surface area (Å²) in [6.45, 7) is 1.03. The van der Waals surface area contributed by atoms with Gasteiger partial charge in [-0.05, 0) is 41.9 Å².